The monoisotopic (exact) mass is 1070 g/mol. The van der Waals surface area contributed by atoms with Crippen molar-refractivity contribution in [2.75, 3.05) is 66.9 Å². The van der Waals surface area contributed by atoms with Crippen molar-refractivity contribution in [3.63, 3.8) is 0 Å². The minimum atomic E-state index is 0. The molecule has 0 spiro atoms. The molecule has 0 amide bonds. The molecule has 0 fully saturated rings. The molecule has 0 saturated heterocycles. The van der Waals surface area contributed by atoms with Gasteiger partial charge < -0.3 is 86.8 Å². The molecule has 0 atom stereocenters. The molecule has 2 aliphatic heterocycles. The number of quaternary nitrogens is 2. The van der Waals surface area contributed by atoms with Crippen molar-refractivity contribution in [1.82, 2.24) is 39.9 Å². The molecule has 57 heavy (non-hydrogen) atoms. The Balaban J connectivity index is 0.00000183. The van der Waals surface area contributed by atoms with Crippen LogP contribution < -0.4 is 57.9 Å². The molecule has 0 radical (unpaired) electrons. The van der Waals surface area contributed by atoms with E-state index in [0.29, 0.717) is 45.9 Å². The molecular weight excluding hydrogens is 1030 g/mol. The van der Waals surface area contributed by atoms with Gasteiger partial charge in [-0.2, -0.15) is 0 Å². The number of aromatic nitrogens is 8. The summed E-state index contributed by atoms with van der Waals surface area (Å²) >= 11 is 3.78. The van der Waals surface area contributed by atoms with Crippen LogP contribution in [0.25, 0.3) is 89.7 Å². The fourth-order valence-corrected chi connectivity index (χ4v) is 9.48. The van der Waals surface area contributed by atoms with Gasteiger partial charge in [0.15, 0.2) is 0 Å². The van der Waals surface area contributed by atoms with Crippen LogP contribution in [0.3, 0.4) is 0 Å². The van der Waals surface area contributed by atoms with E-state index in [0.717, 1.165) is 77.4 Å². The van der Waals surface area contributed by atoms with Crippen LogP contribution in [-0.4, -0.2) is 106 Å². The largest absolute Gasteiger partial charge is 2.00 e. The first kappa shape index (κ1) is 43.5. The van der Waals surface area contributed by atoms with E-state index in [1.165, 1.54) is 9.79 Å². The Morgan fingerprint density at radius 3 is 1.05 bits per heavy atom. The molecule has 0 aliphatic carbocycles. The van der Waals surface area contributed by atoms with E-state index < -0.39 is 0 Å². The van der Waals surface area contributed by atoms with Gasteiger partial charge in [0, 0.05) is 66.1 Å². The minimum absolute atomic E-state index is 0. The van der Waals surface area contributed by atoms with E-state index in [4.69, 9.17) is 39.9 Å². The van der Waals surface area contributed by atoms with Gasteiger partial charge in [0.1, 0.15) is 0 Å². The molecule has 9 rings (SSSR count). The summed E-state index contributed by atoms with van der Waals surface area (Å²) < 4.78 is 1.80. The third-order valence-electron chi connectivity index (χ3n) is 9.53. The molecule has 5 heterocycles. The molecule has 0 unspecified atom stereocenters. The zero-order valence-corrected chi connectivity index (χ0v) is 41.6. The molecule has 8 bridgehead atoms. The van der Waals surface area contributed by atoms with Crippen LogP contribution in [0.4, 0.5) is 0 Å². The Morgan fingerprint density at radius 1 is 0.439 bits per heavy atom. The summed E-state index contributed by atoms with van der Waals surface area (Å²) in [4.78, 5) is 43.2. The summed E-state index contributed by atoms with van der Waals surface area (Å²) in [6, 6.07) is 28.7. The molecule has 7 aromatic rings. The summed E-state index contributed by atoms with van der Waals surface area (Å²) in [5, 5.41) is 3.65. The van der Waals surface area contributed by atoms with Crippen molar-refractivity contribution < 1.29 is 76.4 Å². The van der Waals surface area contributed by atoms with Crippen molar-refractivity contribution in [3.05, 3.63) is 84.9 Å². The summed E-state index contributed by atoms with van der Waals surface area (Å²) in [6.07, 6.45) is 0. The van der Waals surface area contributed by atoms with Crippen LogP contribution in [0, 0.1) is 0 Å². The molecule has 15 heteroatoms. The van der Waals surface area contributed by atoms with Crippen LogP contribution >= 0.6 is 23.5 Å². The number of thioether (sulfide) groups is 2. The SMILES string of the molecule is C[N+](C)(C)CCSc1cc2c3nc4nc(nc5[n-]c(nc6nc(nc([n-]3)c2cc1SCC[N+](C)(C)C)-c1ccccc1-6)c1ccccc51)-c1ccccc1-4.[I-].[I-].[Zn+2]. The first-order valence-corrected chi connectivity index (χ1v) is 20.0. The second-order valence-electron chi connectivity index (χ2n) is 15.7. The topological polar surface area (TPSA) is 106 Å². The van der Waals surface area contributed by atoms with Crippen LogP contribution in [-0.2, 0) is 19.5 Å². The van der Waals surface area contributed by atoms with Gasteiger partial charge in [-0.05, 0) is 33.7 Å². The van der Waals surface area contributed by atoms with Crippen LogP contribution in [0.5, 0.6) is 0 Å². The molecule has 4 aromatic carbocycles. The number of hydrogen-bond donors (Lipinski definition) is 0. The average Bonchev–Trinajstić information content (AvgIpc) is 3.86. The van der Waals surface area contributed by atoms with Gasteiger partial charge >= 0.3 is 19.5 Å². The molecule has 0 N–H and O–H groups in total. The van der Waals surface area contributed by atoms with Gasteiger partial charge in [-0.25, -0.2) is 9.97 Å². The number of rotatable bonds is 8. The fraction of sp³-hybridized carbons (Fsp3) is 0.238. The van der Waals surface area contributed by atoms with E-state index in [1.807, 2.05) is 96.3 Å². The number of benzene rings is 4. The van der Waals surface area contributed by atoms with Crippen LogP contribution in [0.15, 0.2) is 94.7 Å². The van der Waals surface area contributed by atoms with Gasteiger partial charge in [-0.15, -0.1) is 23.5 Å². The standard InChI is InChI=1S/C42H40N10S2.2HI.Zn/c1-51(2,3)19-21-53-33-23-31-32(24-34(33)54-22-20-52(4,5)6)42-49-40-30-18-12-10-16-28(30)38(47-40)45-36-26-14-8-7-13-25(26)35(43-36)44-37-27-15-9-11-17-29(27)39(46-37)48-41(31)50-42;;;/h7-18,23-24H,19-22H2,1-6H3;2*1H;/q;;;+2/p-2. The van der Waals surface area contributed by atoms with Gasteiger partial charge in [0.2, 0.25) is 0 Å². The zero-order chi connectivity index (χ0) is 37.2. The van der Waals surface area contributed by atoms with Crippen molar-refractivity contribution in [2.24, 2.45) is 0 Å². The third-order valence-corrected chi connectivity index (χ3v) is 11.7. The summed E-state index contributed by atoms with van der Waals surface area (Å²) in [5.74, 6) is 4.19. The fourth-order valence-electron chi connectivity index (χ4n) is 6.60. The Kier molecular flexibility index (Phi) is 13.2. The second kappa shape index (κ2) is 17.3. The Labute approximate surface area is 387 Å². The van der Waals surface area contributed by atoms with Gasteiger partial charge in [0.05, 0.1) is 78.7 Å². The predicted molar refractivity (Wildman–Crippen MR) is 221 cm³/mol. The molecule has 2 aliphatic rings. The summed E-state index contributed by atoms with van der Waals surface area (Å²) in [5.41, 5.74) is 5.83. The Hall–Kier alpha value is -3.06. The van der Waals surface area contributed by atoms with Crippen molar-refractivity contribution >= 4 is 67.7 Å². The molecule has 286 valence electrons. The van der Waals surface area contributed by atoms with E-state index in [1.54, 1.807) is 0 Å². The maximum absolute atomic E-state index is 5.21. The van der Waals surface area contributed by atoms with E-state index in [9.17, 15) is 0 Å². The van der Waals surface area contributed by atoms with E-state index >= 15 is 0 Å². The predicted octanol–water partition coefficient (Wildman–Crippen LogP) is 1.73. The Morgan fingerprint density at radius 2 is 0.737 bits per heavy atom. The molecule has 0 saturated carbocycles. The van der Waals surface area contributed by atoms with Gasteiger partial charge in [-0.3, -0.25) is 0 Å². The first-order chi connectivity index (χ1) is 26.0. The van der Waals surface area contributed by atoms with E-state index in [-0.39, 0.29) is 67.4 Å². The number of hydrogen-bond acceptors (Lipinski definition) is 8. The quantitative estimate of drug-likeness (QED) is 0.0969. The maximum Gasteiger partial charge on any atom is 2.00 e. The maximum atomic E-state index is 5.21. The molecular formula is C42H40I2N10S2Zn. The first-order valence-electron chi connectivity index (χ1n) is 18.0. The normalized spacial score (nSPS) is 12.0. The third kappa shape index (κ3) is 8.94. The summed E-state index contributed by atoms with van der Waals surface area (Å²) in [7, 11) is 13.4. The van der Waals surface area contributed by atoms with Crippen LogP contribution in [0.1, 0.15) is 0 Å². The van der Waals surface area contributed by atoms with Gasteiger partial charge in [-0.1, -0.05) is 72.8 Å². The second-order valence-corrected chi connectivity index (χ2v) is 18.0. The minimum Gasteiger partial charge on any atom is -1.00 e. The molecule has 10 nitrogen and oxygen atoms in total. The van der Waals surface area contributed by atoms with Gasteiger partial charge in [0.25, 0.3) is 0 Å². The van der Waals surface area contributed by atoms with E-state index in [2.05, 4.69) is 54.4 Å². The Bertz CT molecular complexity index is 2610. The number of nitrogens with zero attached hydrogens (tertiary/aromatic N) is 10. The number of halogens is 2. The summed E-state index contributed by atoms with van der Waals surface area (Å²) in [6.45, 7) is 2.08. The van der Waals surface area contributed by atoms with Crippen molar-refractivity contribution in [3.8, 4) is 45.6 Å². The van der Waals surface area contributed by atoms with Crippen molar-refractivity contribution in [1.29, 1.82) is 0 Å². The zero-order valence-electron chi connectivity index (χ0n) is 32.7. The molecule has 3 aromatic heterocycles. The van der Waals surface area contributed by atoms with Crippen LogP contribution in [0.2, 0.25) is 0 Å². The number of fused-ring (bicyclic) bond motifs is 20. The van der Waals surface area contributed by atoms with Crippen molar-refractivity contribution in [2.45, 2.75) is 9.79 Å². The average molecular weight is 1070 g/mol. The smallest absolute Gasteiger partial charge is 1.00 e.